The first-order chi connectivity index (χ1) is 12.8. The third-order valence-corrected chi connectivity index (χ3v) is 7.03. The van der Waals surface area contributed by atoms with Crippen molar-refractivity contribution in [3.8, 4) is 5.75 Å². The minimum absolute atomic E-state index is 0.00358. The summed E-state index contributed by atoms with van der Waals surface area (Å²) in [5.74, 6) is 3.86. The molecule has 3 heterocycles. The van der Waals surface area contributed by atoms with Crippen LogP contribution >= 0.6 is 11.8 Å². The van der Waals surface area contributed by atoms with Gasteiger partial charge in [-0.2, -0.15) is 11.8 Å². The Morgan fingerprint density at radius 2 is 1.92 bits per heavy atom. The summed E-state index contributed by atoms with van der Waals surface area (Å²) in [6.07, 6.45) is 8.25. The minimum Gasteiger partial charge on any atom is -0.482 e. The van der Waals surface area contributed by atoms with E-state index in [0.717, 1.165) is 54.7 Å². The smallest absolute Gasteiger partial charge is 0.227 e. The number of hydrogen-bond acceptors (Lipinski definition) is 5. The summed E-state index contributed by atoms with van der Waals surface area (Å²) in [4.78, 5) is 2.44. The van der Waals surface area contributed by atoms with E-state index in [2.05, 4.69) is 44.1 Å². The second-order valence-electron chi connectivity index (χ2n) is 7.75. The van der Waals surface area contributed by atoms with Crippen molar-refractivity contribution in [1.82, 2.24) is 14.8 Å². The Hall–Kier alpha value is -1.69. The molecule has 0 spiro atoms. The number of thioether (sulfide) groups is 1. The zero-order valence-corrected chi connectivity index (χ0v) is 16.1. The van der Waals surface area contributed by atoms with E-state index >= 15 is 0 Å². The third-order valence-electron chi connectivity index (χ3n) is 5.89. The molecule has 5 nitrogen and oxygen atoms in total. The highest BCUT2D eigenvalue weighted by molar-refractivity contribution is 7.99. The van der Waals surface area contributed by atoms with Crippen molar-refractivity contribution in [2.75, 3.05) is 24.2 Å². The van der Waals surface area contributed by atoms with E-state index in [9.17, 15) is 0 Å². The van der Waals surface area contributed by atoms with Gasteiger partial charge in [-0.15, -0.1) is 10.2 Å². The van der Waals surface area contributed by atoms with Gasteiger partial charge in [0.2, 0.25) is 5.95 Å². The van der Waals surface area contributed by atoms with E-state index in [1.165, 1.54) is 31.2 Å². The van der Waals surface area contributed by atoms with Crippen LogP contribution in [0.3, 0.4) is 0 Å². The first kappa shape index (κ1) is 16.5. The molecular formula is C20H26N4OS. The molecule has 1 aromatic heterocycles. The lowest BCUT2D eigenvalue weighted by molar-refractivity contribution is 0.220. The third kappa shape index (κ3) is 3.08. The number of para-hydroxylation sites is 1. The second-order valence-corrected chi connectivity index (χ2v) is 8.89. The van der Waals surface area contributed by atoms with E-state index in [4.69, 9.17) is 4.74 Å². The van der Waals surface area contributed by atoms with Gasteiger partial charge in [-0.1, -0.05) is 18.2 Å². The fraction of sp³-hybridized carbons (Fsp3) is 0.600. The largest absolute Gasteiger partial charge is 0.482 e. The molecule has 0 bridgehead atoms. The van der Waals surface area contributed by atoms with E-state index in [1.807, 2.05) is 17.8 Å². The van der Waals surface area contributed by atoms with Crippen molar-refractivity contribution in [3.05, 3.63) is 35.7 Å². The van der Waals surface area contributed by atoms with Crippen LogP contribution in [-0.2, 0) is 13.0 Å². The molecule has 1 saturated carbocycles. The Kier molecular flexibility index (Phi) is 4.31. The molecule has 1 aromatic carbocycles. The fourth-order valence-corrected chi connectivity index (χ4v) is 4.81. The van der Waals surface area contributed by atoms with Crippen molar-refractivity contribution in [2.24, 2.45) is 5.92 Å². The van der Waals surface area contributed by atoms with Gasteiger partial charge in [0.15, 0.2) is 11.9 Å². The average molecular weight is 371 g/mol. The van der Waals surface area contributed by atoms with Crippen LogP contribution in [0.5, 0.6) is 5.75 Å². The van der Waals surface area contributed by atoms with Crippen LogP contribution in [0.4, 0.5) is 5.95 Å². The zero-order chi connectivity index (χ0) is 17.5. The molecule has 2 aliphatic heterocycles. The van der Waals surface area contributed by atoms with Crippen LogP contribution in [0.15, 0.2) is 24.3 Å². The lowest BCUT2D eigenvalue weighted by atomic mass is 10.1. The monoisotopic (exact) mass is 370 g/mol. The lowest BCUT2D eigenvalue weighted by Crippen LogP contribution is -2.36. The van der Waals surface area contributed by atoms with Crippen LogP contribution < -0.4 is 9.64 Å². The highest BCUT2D eigenvalue weighted by Crippen LogP contribution is 2.39. The number of aromatic nitrogens is 3. The number of hydrogen-bond donors (Lipinski definition) is 0. The molecule has 0 N–H and O–H groups in total. The summed E-state index contributed by atoms with van der Waals surface area (Å²) in [7, 11) is 0. The van der Waals surface area contributed by atoms with E-state index in [0.29, 0.717) is 0 Å². The standard InChI is InChI=1S/C20H26N4OS/c1-26-16-8-10-23(11-9-16)20-22-21-19(24(20)13-14-6-7-14)18-12-15-4-2-3-5-17(15)25-18/h2-5,14,16,18H,6-13H2,1H3. The highest BCUT2D eigenvalue weighted by Gasteiger charge is 2.34. The highest BCUT2D eigenvalue weighted by atomic mass is 32.2. The first-order valence-electron chi connectivity index (χ1n) is 9.77. The topological polar surface area (TPSA) is 43.2 Å². The molecule has 26 heavy (non-hydrogen) atoms. The number of fused-ring (bicyclic) bond motifs is 1. The van der Waals surface area contributed by atoms with Crippen LogP contribution in [0.25, 0.3) is 0 Å². The maximum Gasteiger partial charge on any atom is 0.227 e. The van der Waals surface area contributed by atoms with Gasteiger partial charge in [-0.25, -0.2) is 0 Å². The Balaban J connectivity index is 1.41. The quantitative estimate of drug-likeness (QED) is 0.803. The fourth-order valence-electron chi connectivity index (χ4n) is 4.13. The Labute approximate surface area is 159 Å². The Morgan fingerprint density at radius 3 is 2.65 bits per heavy atom. The number of nitrogens with zero attached hydrogens (tertiary/aromatic N) is 4. The molecule has 1 aliphatic carbocycles. The van der Waals surface area contributed by atoms with E-state index in [-0.39, 0.29) is 6.10 Å². The molecule has 5 rings (SSSR count). The van der Waals surface area contributed by atoms with Gasteiger partial charge < -0.3 is 9.64 Å². The summed E-state index contributed by atoms with van der Waals surface area (Å²) in [6, 6.07) is 8.34. The molecule has 1 unspecified atom stereocenters. The molecule has 1 saturated heterocycles. The molecule has 2 aromatic rings. The van der Waals surface area contributed by atoms with Crippen LogP contribution in [0.2, 0.25) is 0 Å². The number of piperidine rings is 1. The van der Waals surface area contributed by atoms with Gasteiger partial charge in [0.1, 0.15) is 5.75 Å². The molecule has 6 heteroatoms. The number of ether oxygens (including phenoxy) is 1. The van der Waals surface area contributed by atoms with Crippen molar-refractivity contribution in [1.29, 1.82) is 0 Å². The molecule has 138 valence electrons. The summed E-state index contributed by atoms with van der Waals surface area (Å²) >= 11 is 2.00. The summed E-state index contributed by atoms with van der Waals surface area (Å²) in [6.45, 7) is 3.20. The number of benzene rings is 1. The van der Waals surface area contributed by atoms with Crippen molar-refractivity contribution in [2.45, 2.75) is 50.0 Å². The summed E-state index contributed by atoms with van der Waals surface area (Å²) < 4.78 is 8.59. The predicted molar refractivity (Wildman–Crippen MR) is 105 cm³/mol. The van der Waals surface area contributed by atoms with E-state index in [1.54, 1.807) is 0 Å². The van der Waals surface area contributed by atoms with Crippen molar-refractivity contribution in [3.63, 3.8) is 0 Å². The molecule has 0 radical (unpaired) electrons. The number of anilines is 1. The Bertz CT molecular complexity index is 755. The van der Waals surface area contributed by atoms with Gasteiger partial charge >= 0.3 is 0 Å². The second kappa shape index (κ2) is 6.80. The lowest BCUT2D eigenvalue weighted by Gasteiger charge is -2.32. The van der Waals surface area contributed by atoms with Gasteiger partial charge in [-0.05, 0) is 49.5 Å². The van der Waals surface area contributed by atoms with E-state index < -0.39 is 0 Å². The van der Waals surface area contributed by atoms with Crippen LogP contribution in [0.1, 0.15) is 43.2 Å². The zero-order valence-electron chi connectivity index (χ0n) is 15.3. The average Bonchev–Trinajstić information content (AvgIpc) is 3.24. The Morgan fingerprint density at radius 1 is 1.12 bits per heavy atom. The van der Waals surface area contributed by atoms with Gasteiger partial charge in [0, 0.05) is 31.3 Å². The van der Waals surface area contributed by atoms with Crippen LogP contribution in [0, 0.1) is 5.92 Å². The normalized spacial score (nSPS) is 23.1. The number of rotatable bonds is 5. The van der Waals surface area contributed by atoms with Gasteiger partial charge in [0.05, 0.1) is 0 Å². The van der Waals surface area contributed by atoms with Crippen LogP contribution in [-0.4, -0.2) is 39.4 Å². The summed E-state index contributed by atoms with van der Waals surface area (Å²) in [5, 5.41) is 10.0. The predicted octanol–water partition coefficient (Wildman–Crippen LogP) is 3.70. The molecular weight excluding hydrogens is 344 g/mol. The molecule has 1 atom stereocenters. The maximum absolute atomic E-state index is 6.23. The first-order valence-corrected chi connectivity index (χ1v) is 11.1. The van der Waals surface area contributed by atoms with Crippen molar-refractivity contribution >= 4 is 17.7 Å². The maximum atomic E-state index is 6.23. The van der Waals surface area contributed by atoms with Gasteiger partial charge in [-0.3, -0.25) is 4.57 Å². The molecule has 3 aliphatic rings. The summed E-state index contributed by atoms with van der Waals surface area (Å²) in [5.41, 5.74) is 1.28. The minimum atomic E-state index is -0.00358. The molecule has 0 amide bonds. The molecule has 2 fully saturated rings. The van der Waals surface area contributed by atoms with Gasteiger partial charge in [0.25, 0.3) is 0 Å². The van der Waals surface area contributed by atoms with Crippen molar-refractivity contribution < 1.29 is 4.74 Å². The SMILES string of the molecule is CSC1CCN(c2nnc(C3Cc4ccccc4O3)n2CC2CC2)CC1.